The molecule has 0 fully saturated rings. The predicted molar refractivity (Wildman–Crippen MR) is 167 cm³/mol. The average Bonchev–Trinajstić information content (AvgIpc) is 3.47. The number of nitrogens with zero attached hydrogens (tertiary/aromatic N) is 2. The lowest BCUT2D eigenvalue weighted by Gasteiger charge is -2.23. The van der Waals surface area contributed by atoms with Gasteiger partial charge in [0.2, 0.25) is 11.8 Å². The van der Waals surface area contributed by atoms with Crippen molar-refractivity contribution in [2.24, 2.45) is 5.73 Å². The summed E-state index contributed by atoms with van der Waals surface area (Å²) in [6.45, 7) is 3.84. The number of anilines is 1. The third kappa shape index (κ3) is 9.51. The maximum absolute atomic E-state index is 13.4. The molecule has 3 aromatic carbocycles. The lowest BCUT2D eigenvalue weighted by atomic mass is 10.1. The van der Waals surface area contributed by atoms with E-state index in [1.54, 1.807) is 24.6 Å². The average molecular weight is 599 g/mol. The van der Waals surface area contributed by atoms with Crippen LogP contribution in [0.4, 0.5) is 5.82 Å². The van der Waals surface area contributed by atoms with Crippen molar-refractivity contribution in [3.8, 4) is 5.75 Å². The number of nitrogens with two attached hydrogens (primary N) is 1. The van der Waals surface area contributed by atoms with Gasteiger partial charge in [-0.15, -0.1) is 0 Å². The van der Waals surface area contributed by atoms with Crippen molar-refractivity contribution in [1.29, 1.82) is 0 Å². The van der Waals surface area contributed by atoms with E-state index in [2.05, 4.69) is 20.9 Å². The molecular weight excluding hydrogens is 560 g/mol. The number of aromatic nitrogens is 2. The summed E-state index contributed by atoms with van der Waals surface area (Å²) in [6.07, 6.45) is 3.03. The first kappa shape index (κ1) is 31.9. The highest BCUT2D eigenvalue weighted by Gasteiger charge is 2.29. The normalized spacial score (nSPS) is 12.5. The fraction of sp³-hybridized carbons (Fsp3) is 0.273. The van der Waals surface area contributed by atoms with Crippen LogP contribution in [0.15, 0.2) is 104 Å². The highest BCUT2D eigenvalue weighted by atomic mass is 16.5. The van der Waals surface area contributed by atoms with Crippen LogP contribution >= 0.6 is 0 Å². The maximum atomic E-state index is 13.4. The molecule has 230 valence electrons. The van der Waals surface area contributed by atoms with E-state index in [4.69, 9.17) is 15.2 Å². The van der Waals surface area contributed by atoms with Crippen molar-refractivity contribution in [3.63, 3.8) is 0 Å². The summed E-state index contributed by atoms with van der Waals surface area (Å²) >= 11 is 0. The zero-order valence-electron chi connectivity index (χ0n) is 24.8. The Hall–Kier alpha value is -5.00. The van der Waals surface area contributed by atoms with E-state index >= 15 is 0 Å². The topological polar surface area (TPSA) is 150 Å². The number of hydrogen-bond donors (Lipinski definition) is 4. The van der Waals surface area contributed by atoms with Gasteiger partial charge in [0.15, 0.2) is 5.82 Å². The molecular formula is C33H38N6O5. The van der Waals surface area contributed by atoms with Crippen LogP contribution in [-0.4, -0.2) is 58.6 Å². The summed E-state index contributed by atoms with van der Waals surface area (Å²) in [5, 5.41) is 8.31. The molecule has 0 saturated heterocycles. The Morgan fingerprint density at radius 1 is 0.909 bits per heavy atom. The van der Waals surface area contributed by atoms with E-state index in [1.807, 2.05) is 91.0 Å². The van der Waals surface area contributed by atoms with Gasteiger partial charge in [-0.25, -0.2) is 4.98 Å². The Kier molecular flexibility index (Phi) is 11.2. The summed E-state index contributed by atoms with van der Waals surface area (Å²) in [5.41, 5.74) is 6.40. The Balaban J connectivity index is 1.43. The molecule has 0 aliphatic heterocycles. The van der Waals surface area contributed by atoms with Crippen LogP contribution in [0, 0.1) is 0 Å². The van der Waals surface area contributed by atoms with E-state index in [0.29, 0.717) is 12.4 Å². The monoisotopic (exact) mass is 598 g/mol. The molecule has 0 aliphatic rings. The molecule has 4 aromatic rings. The van der Waals surface area contributed by atoms with Crippen molar-refractivity contribution < 1.29 is 23.9 Å². The molecule has 0 spiro atoms. The number of carbonyl (C=O) groups excluding carboxylic acids is 3. The fourth-order valence-corrected chi connectivity index (χ4v) is 4.20. The lowest BCUT2D eigenvalue weighted by Crippen LogP contribution is -2.56. The molecule has 3 amide bonds. The first-order valence-electron chi connectivity index (χ1n) is 14.3. The Bertz CT molecular complexity index is 1490. The summed E-state index contributed by atoms with van der Waals surface area (Å²) in [7, 11) is 0. The molecule has 1 aromatic heterocycles. The van der Waals surface area contributed by atoms with Crippen LogP contribution in [0.3, 0.4) is 0 Å². The van der Waals surface area contributed by atoms with Gasteiger partial charge in [-0.1, -0.05) is 78.9 Å². The molecule has 44 heavy (non-hydrogen) atoms. The number of imidazole rings is 1. The van der Waals surface area contributed by atoms with Gasteiger partial charge in [0.25, 0.3) is 5.91 Å². The number of nitrogens with one attached hydrogen (secondary N) is 3. The van der Waals surface area contributed by atoms with E-state index in [9.17, 15) is 14.4 Å². The minimum atomic E-state index is -1.21. The van der Waals surface area contributed by atoms with E-state index in [1.165, 1.54) is 6.33 Å². The number of benzene rings is 3. The first-order valence-corrected chi connectivity index (χ1v) is 14.3. The summed E-state index contributed by atoms with van der Waals surface area (Å²) < 4.78 is 13.1. The number of ether oxygens (including phenoxy) is 2. The van der Waals surface area contributed by atoms with Crippen LogP contribution in [0.1, 0.15) is 31.0 Å². The van der Waals surface area contributed by atoms with Crippen LogP contribution in [0.2, 0.25) is 0 Å². The van der Waals surface area contributed by atoms with Crippen molar-refractivity contribution in [1.82, 2.24) is 20.2 Å². The second-order valence-corrected chi connectivity index (χ2v) is 10.7. The van der Waals surface area contributed by atoms with Gasteiger partial charge in [-0.2, -0.15) is 0 Å². The number of rotatable bonds is 15. The minimum absolute atomic E-state index is 0.0939. The zero-order valence-corrected chi connectivity index (χ0v) is 24.8. The van der Waals surface area contributed by atoms with Gasteiger partial charge >= 0.3 is 0 Å². The largest absolute Gasteiger partial charge is 0.492 e. The first-order chi connectivity index (χ1) is 21.2. The molecule has 11 nitrogen and oxygen atoms in total. The molecule has 0 saturated carbocycles. The molecule has 1 unspecified atom stereocenters. The Labute approximate surface area is 256 Å². The SMILES string of the molecule is CC(C)(N)C(=O)N[C@H](COCc1ccccc1)C(=O)Nc1cn(C(C(=O)NCCOc2ccccc2)c2ccccc2)cn1. The standard InChI is InChI=1S/C33H38N6O5/c1-33(2,34)32(42)37-27(22-43-21-24-12-6-3-7-13-24)30(40)38-28-20-39(23-36-28)29(25-14-8-4-9-15-25)31(41)35-18-19-44-26-16-10-5-11-17-26/h3-17,20,23,27,29H,18-19,21-22,34H2,1-2H3,(H,35,41)(H,37,42)(H,38,40)/t27-,29?/m1/s1. The van der Waals surface area contributed by atoms with Crippen LogP contribution < -0.4 is 26.4 Å². The third-order valence-corrected chi connectivity index (χ3v) is 6.53. The van der Waals surface area contributed by atoms with E-state index < -0.39 is 29.4 Å². The summed E-state index contributed by atoms with van der Waals surface area (Å²) in [5.74, 6) is -0.409. The van der Waals surface area contributed by atoms with Crippen molar-refractivity contribution in [2.75, 3.05) is 25.1 Å². The molecule has 4 rings (SSSR count). The van der Waals surface area contributed by atoms with Crippen molar-refractivity contribution >= 4 is 23.5 Å². The van der Waals surface area contributed by atoms with Crippen LogP contribution in [0.5, 0.6) is 5.75 Å². The van der Waals surface area contributed by atoms with Crippen molar-refractivity contribution in [3.05, 3.63) is 115 Å². The highest BCUT2D eigenvalue weighted by molar-refractivity contribution is 5.98. The summed E-state index contributed by atoms with van der Waals surface area (Å²) in [4.78, 5) is 43.6. The van der Waals surface area contributed by atoms with Gasteiger partial charge in [-0.05, 0) is 37.1 Å². The number of hydrogen-bond acceptors (Lipinski definition) is 7. The van der Waals surface area contributed by atoms with Crippen LogP contribution in [-0.2, 0) is 25.7 Å². The quantitative estimate of drug-likeness (QED) is 0.154. The van der Waals surface area contributed by atoms with Gasteiger partial charge in [-0.3, -0.25) is 14.4 Å². The highest BCUT2D eigenvalue weighted by Crippen LogP contribution is 2.20. The molecule has 0 bridgehead atoms. The zero-order chi connectivity index (χ0) is 31.4. The predicted octanol–water partition coefficient (Wildman–Crippen LogP) is 3.05. The van der Waals surface area contributed by atoms with Gasteiger partial charge in [0.1, 0.15) is 24.4 Å². The fourth-order valence-electron chi connectivity index (χ4n) is 4.20. The molecule has 1 heterocycles. The second kappa shape index (κ2) is 15.5. The lowest BCUT2D eigenvalue weighted by molar-refractivity contribution is -0.130. The molecule has 11 heteroatoms. The third-order valence-electron chi connectivity index (χ3n) is 6.53. The van der Waals surface area contributed by atoms with Crippen LogP contribution in [0.25, 0.3) is 0 Å². The second-order valence-electron chi connectivity index (χ2n) is 10.7. The number of carbonyl (C=O) groups is 3. The van der Waals surface area contributed by atoms with E-state index in [-0.39, 0.29) is 31.5 Å². The minimum Gasteiger partial charge on any atom is -0.492 e. The summed E-state index contributed by atoms with van der Waals surface area (Å²) in [6, 6.07) is 26.3. The molecule has 0 aliphatic carbocycles. The molecule has 2 atom stereocenters. The van der Waals surface area contributed by atoms with Gasteiger partial charge in [0.05, 0.1) is 31.6 Å². The molecule has 0 radical (unpaired) electrons. The smallest absolute Gasteiger partial charge is 0.250 e. The van der Waals surface area contributed by atoms with Gasteiger partial charge in [0, 0.05) is 6.20 Å². The van der Waals surface area contributed by atoms with Gasteiger partial charge < -0.3 is 35.7 Å². The maximum Gasteiger partial charge on any atom is 0.250 e. The van der Waals surface area contributed by atoms with E-state index in [0.717, 1.165) is 11.1 Å². The Morgan fingerprint density at radius 2 is 1.55 bits per heavy atom. The number of amides is 3. The van der Waals surface area contributed by atoms with Crippen molar-refractivity contribution in [2.45, 2.75) is 38.1 Å². The number of para-hydroxylation sites is 1. The molecule has 5 N–H and O–H groups in total. The Morgan fingerprint density at radius 3 is 2.20 bits per heavy atom.